The zero-order chi connectivity index (χ0) is 17.3. The summed E-state index contributed by atoms with van der Waals surface area (Å²) < 4.78 is 5.16. The predicted molar refractivity (Wildman–Crippen MR) is 89.6 cm³/mol. The highest BCUT2D eigenvalue weighted by atomic mass is 16.6. The molecule has 0 atom stereocenters. The number of nitrogens with one attached hydrogen (secondary N) is 1. The summed E-state index contributed by atoms with van der Waals surface area (Å²) in [6.45, 7) is 6.14. The Morgan fingerprint density at radius 2 is 1.65 bits per heavy atom. The second kappa shape index (κ2) is 9.18. The van der Waals surface area contributed by atoms with E-state index in [9.17, 15) is 9.59 Å². The molecule has 0 saturated carbocycles. The van der Waals surface area contributed by atoms with Gasteiger partial charge in [0.05, 0.1) is 6.42 Å². The summed E-state index contributed by atoms with van der Waals surface area (Å²) in [7, 11) is 0. The highest BCUT2D eigenvalue weighted by Crippen LogP contribution is 2.10. The summed E-state index contributed by atoms with van der Waals surface area (Å²) in [5.41, 5.74) is 1.57. The minimum Gasteiger partial charge on any atom is -0.481 e. The number of carboxylic acid groups (broad SMARTS) is 1. The van der Waals surface area contributed by atoms with Crippen LogP contribution in [0, 0.1) is 0 Å². The van der Waals surface area contributed by atoms with Crippen molar-refractivity contribution >= 4 is 12.1 Å². The maximum atomic E-state index is 11.4. The molecule has 23 heavy (non-hydrogen) atoms. The van der Waals surface area contributed by atoms with E-state index in [4.69, 9.17) is 9.84 Å². The lowest BCUT2D eigenvalue weighted by Crippen LogP contribution is -2.32. The van der Waals surface area contributed by atoms with Crippen LogP contribution >= 0.6 is 0 Å². The zero-order valence-corrected chi connectivity index (χ0v) is 14.2. The Morgan fingerprint density at radius 1 is 1.04 bits per heavy atom. The monoisotopic (exact) mass is 321 g/mol. The third-order valence-corrected chi connectivity index (χ3v) is 3.19. The fraction of sp³-hybridized carbons (Fsp3) is 0.556. The molecular weight excluding hydrogens is 294 g/mol. The minimum atomic E-state index is -0.810. The lowest BCUT2D eigenvalue weighted by Gasteiger charge is -2.19. The Balaban J connectivity index is 2.13. The summed E-state index contributed by atoms with van der Waals surface area (Å²) in [6, 6.07) is 7.70. The van der Waals surface area contributed by atoms with Crippen molar-refractivity contribution in [1.82, 2.24) is 5.32 Å². The van der Waals surface area contributed by atoms with Crippen LogP contribution in [0.15, 0.2) is 24.3 Å². The molecule has 5 nitrogen and oxygen atoms in total. The van der Waals surface area contributed by atoms with E-state index in [1.165, 1.54) is 5.56 Å². The molecule has 0 fully saturated rings. The molecule has 0 aliphatic heterocycles. The number of benzene rings is 1. The molecule has 0 aliphatic rings. The van der Waals surface area contributed by atoms with Crippen LogP contribution in [0.4, 0.5) is 4.79 Å². The average molecular weight is 321 g/mol. The molecular formula is C18H27NO4. The summed E-state index contributed by atoms with van der Waals surface area (Å²) in [6.07, 6.45) is 3.62. The molecule has 0 aromatic heterocycles. The number of aryl methyl sites for hydroxylation is 1. The van der Waals surface area contributed by atoms with E-state index in [0.717, 1.165) is 31.2 Å². The lowest BCUT2D eigenvalue weighted by molar-refractivity contribution is -0.136. The van der Waals surface area contributed by atoms with Gasteiger partial charge < -0.3 is 15.2 Å². The normalized spacial score (nSPS) is 11.1. The second-order valence-corrected chi connectivity index (χ2v) is 6.63. The van der Waals surface area contributed by atoms with Crippen LogP contribution in [0.3, 0.4) is 0 Å². The lowest BCUT2D eigenvalue weighted by atomic mass is 10.0. The molecule has 0 unspecified atom stereocenters. The number of rotatable bonds is 8. The van der Waals surface area contributed by atoms with Crippen LogP contribution in [0.1, 0.15) is 51.2 Å². The van der Waals surface area contributed by atoms with Crippen LogP contribution in [0.2, 0.25) is 0 Å². The molecule has 128 valence electrons. The summed E-state index contributed by atoms with van der Waals surface area (Å²) in [5.74, 6) is -0.810. The molecule has 1 aromatic rings. The number of carbonyl (C=O) groups is 2. The summed E-state index contributed by atoms with van der Waals surface area (Å²) in [4.78, 5) is 22.1. The van der Waals surface area contributed by atoms with Crippen molar-refractivity contribution in [2.75, 3.05) is 6.54 Å². The highest BCUT2D eigenvalue weighted by molar-refractivity contribution is 5.70. The number of amides is 1. The Bertz CT molecular complexity index is 503. The van der Waals surface area contributed by atoms with Crippen LogP contribution in [0.5, 0.6) is 0 Å². The fourth-order valence-corrected chi connectivity index (χ4v) is 2.13. The van der Waals surface area contributed by atoms with Gasteiger partial charge in [0.25, 0.3) is 0 Å². The first-order valence-corrected chi connectivity index (χ1v) is 8.03. The van der Waals surface area contributed by atoms with Gasteiger partial charge >= 0.3 is 12.1 Å². The topological polar surface area (TPSA) is 75.6 Å². The standard InChI is InChI=1S/C18H27NO4/c1-18(2,3)23-17(22)19-12-6-4-5-7-14-8-10-15(11-9-14)13-16(20)21/h8-11H,4-7,12-13H2,1-3H3,(H,19,22)(H,20,21). The molecule has 1 amide bonds. The van der Waals surface area contributed by atoms with E-state index in [2.05, 4.69) is 5.32 Å². The minimum absolute atomic E-state index is 0.0661. The number of hydrogen-bond acceptors (Lipinski definition) is 3. The Hall–Kier alpha value is -2.04. The van der Waals surface area contributed by atoms with Crippen molar-refractivity contribution in [2.24, 2.45) is 0 Å². The Morgan fingerprint density at radius 3 is 2.22 bits per heavy atom. The predicted octanol–water partition coefficient (Wildman–Crippen LogP) is 3.55. The number of ether oxygens (including phenoxy) is 1. The maximum absolute atomic E-state index is 11.4. The zero-order valence-electron chi connectivity index (χ0n) is 14.2. The van der Waals surface area contributed by atoms with Gasteiger partial charge in [0, 0.05) is 6.54 Å². The molecule has 0 bridgehead atoms. The molecule has 1 aromatic carbocycles. The van der Waals surface area contributed by atoms with Gasteiger partial charge in [-0.3, -0.25) is 4.79 Å². The van der Waals surface area contributed by atoms with Gasteiger partial charge in [-0.05, 0) is 51.2 Å². The number of unbranched alkanes of at least 4 members (excludes halogenated alkanes) is 2. The van der Waals surface area contributed by atoms with Crippen molar-refractivity contribution in [3.63, 3.8) is 0 Å². The molecule has 1 rings (SSSR count). The number of carboxylic acids is 1. The van der Waals surface area contributed by atoms with E-state index in [-0.39, 0.29) is 12.5 Å². The van der Waals surface area contributed by atoms with Gasteiger partial charge in [0.1, 0.15) is 5.60 Å². The maximum Gasteiger partial charge on any atom is 0.407 e. The van der Waals surface area contributed by atoms with E-state index in [1.807, 2.05) is 45.0 Å². The van der Waals surface area contributed by atoms with Crippen molar-refractivity contribution in [3.8, 4) is 0 Å². The number of aliphatic carboxylic acids is 1. The highest BCUT2D eigenvalue weighted by Gasteiger charge is 2.15. The molecule has 2 N–H and O–H groups in total. The quantitative estimate of drug-likeness (QED) is 0.718. The summed E-state index contributed by atoms with van der Waals surface area (Å²) >= 11 is 0. The van der Waals surface area contributed by atoms with Gasteiger partial charge in [-0.2, -0.15) is 0 Å². The first-order valence-electron chi connectivity index (χ1n) is 8.03. The van der Waals surface area contributed by atoms with Crippen molar-refractivity contribution < 1.29 is 19.4 Å². The van der Waals surface area contributed by atoms with Crippen molar-refractivity contribution in [1.29, 1.82) is 0 Å². The van der Waals surface area contributed by atoms with Crippen LogP contribution in [-0.2, 0) is 22.4 Å². The van der Waals surface area contributed by atoms with Gasteiger partial charge in [0.15, 0.2) is 0 Å². The van der Waals surface area contributed by atoms with Crippen LogP contribution in [-0.4, -0.2) is 29.3 Å². The number of carbonyl (C=O) groups excluding carboxylic acids is 1. The number of hydrogen-bond donors (Lipinski definition) is 2. The second-order valence-electron chi connectivity index (χ2n) is 6.63. The van der Waals surface area contributed by atoms with Gasteiger partial charge in [-0.1, -0.05) is 30.7 Å². The smallest absolute Gasteiger partial charge is 0.407 e. The van der Waals surface area contributed by atoms with E-state index in [1.54, 1.807) is 0 Å². The molecule has 0 radical (unpaired) electrons. The van der Waals surface area contributed by atoms with E-state index < -0.39 is 11.6 Å². The Kier molecular flexibility index (Phi) is 7.59. The number of alkyl carbamates (subject to hydrolysis) is 1. The SMILES string of the molecule is CC(C)(C)OC(=O)NCCCCCc1ccc(CC(=O)O)cc1. The van der Waals surface area contributed by atoms with Crippen molar-refractivity contribution in [3.05, 3.63) is 35.4 Å². The van der Waals surface area contributed by atoms with Gasteiger partial charge in [-0.15, -0.1) is 0 Å². The molecule has 5 heteroatoms. The fourth-order valence-electron chi connectivity index (χ4n) is 2.13. The third kappa shape index (κ3) is 9.55. The van der Waals surface area contributed by atoms with E-state index in [0.29, 0.717) is 6.54 Å². The molecule has 0 spiro atoms. The molecule has 0 aliphatic carbocycles. The Labute approximate surface area is 138 Å². The first kappa shape index (κ1) is 19.0. The largest absolute Gasteiger partial charge is 0.481 e. The average Bonchev–Trinajstić information content (AvgIpc) is 2.42. The van der Waals surface area contributed by atoms with Crippen LogP contribution < -0.4 is 5.32 Å². The van der Waals surface area contributed by atoms with Crippen LogP contribution in [0.25, 0.3) is 0 Å². The van der Waals surface area contributed by atoms with Gasteiger partial charge in [-0.25, -0.2) is 4.79 Å². The first-order chi connectivity index (χ1) is 10.8. The summed E-state index contributed by atoms with van der Waals surface area (Å²) in [5, 5.41) is 11.5. The van der Waals surface area contributed by atoms with E-state index >= 15 is 0 Å². The third-order valence-electron chi connectivity index (χ3n) is 3.19. The molecule has 0 heterocycles. The van der Waals surface area contributed by atoms with Crippen molar-refractivity contribution in [2.45, 2.75) is 58.5 Å². The molecule has 0 saturated heterocycles. The van der Waals surface area contributed by atoms with Gasteiger partial charge in [0.2, 0.25) is 0 Å².